The van der Waals surface area contributed by atoms with Crippen LogP contribution in [-0.2, 0) is 13.1 Å². The summed E-state index contributed by atoms with van der Waals surface area (Å²) in [4.78, 5) is 6.93. The van der Waals surface area contributed by atoms with E-state index < -0.39 is 0 Å². The van der Waals surface area contributed by atoms with Crippen LogP contribution in [0, 0.1) is 12.7 Å². The molecule has 2 N–H and O–H groups in total. The molecule has 0 radical (unpaired) electrons. The van der Waals surface area contributed by atoms with Gasteiger partial charge in [-0.2, -0.15) is 0 Å². The Balaban J connectivity index is 1.92. The summed E-state index contributed by atoms with van der Waals surface area (Å²) in [6, 6.07) is 4.84. The van der Waals surface area contributed by atoms with Crippen molar-refractivity contribution < 1.29 is 4.39 Å². The molecule has 0 fully saturated rings. The molecule has 0 aliphatic carbocycles. The first-order chi connectivity index (χ1) is 7.75. The Morgan fingerprint density at radius 2 is 2.25 bits per heavy atom. The lowest BCUT2D eigenvalue weighted by Gasteiger charge is -2.06. The van der Waals surface area contributed by atoms with Crippen molar-refractivity contribution in [3.8, 4) is 0 Å². The van der Waals surface area contributed by atoms with Gasteiger partial charge >= 0.3 is 0 Å². The van der Waals surface area contributed by atoms with Gasteiger partial charge in [0.15, 0.2) is 0 Å². The van der Waals surface area contributed by atoms with Crippen LogP contribution in [0.1, 0.15) is 16.8 Å². The number of aromatic nitrogens is 2. The Morgan fingerprint density at radius 1 is 1.38 bits per heavy atom. The number of rotatable bonds is 4. The van der Waals surface area contributed by atoms with Crippen molar-refractivity contribution in [3.63, 3.8) is 0 Å². The molecule has 0 saturated heterocycles. The summed E-state index contributed by atoms with van der Waals surface area (Å²) in [5.74, 6) is -0.191. The molecule has 2 rings (SSSR count). The molecule has 0 aliphatic rings. The molecule has 0 unspecified atom stereocenters. The molecule has 16 heavy (non-hydrogen) atoms. The van der Waals surface area contributed by atoms with E-state index in [1.54, 1.807) is 24.7 Å². The fourth-order valence-electron chi connectivity index (χ4n) is 1.54. The summed E-state index contributed by atoms with van der Waals surface area (Å²) in [6.07, 6.45) is 3.41. The molecular weight excluding hydrogens is 205 g/mol. The van der Waals surface area contributed by atoms with Gasteiger partial charge in [-0.1, -0.05) is 6.07 Å². The Labute approximate surface area is 93.7 Å². The van der Waals surface area contributed by atoms with Crippen LogP contribution in [0.25, 0.3) is 0 Å². The normalized spacial score (nSPS) is 10.6. The zero-order valence-electron chi connectivity index (χ0n) is 9.13. The van der Waals surface area contributed by atoms with Gasteiger partial charge in [-0.05, 0) is 30.2 Å². The highest BCUT2D eigenvalue weighted by Crippen LogP contribution is 2.09. The first kappa shape index (κ1) is 10.8. The highest BCUT2D eigenvalue weighted by molar-refractivity contribution is 5.26. The Hall–Kier alpha value is -1.68. The molecule has 84 valence electrons. The minimum absolute atomic E-state index is 0.191. The van der Waals surface area contributed by atoms with Gasteiger partial charge in [0, 0.05) is 25.0 Å². The number of hydrogen-bond donors (Lipinski definition) is 2. The zero-order valence-corrected chi connectivity index (χ0v) is 9.13. The van der Waals surface area contributed by atoms with Crippen molar-refractivity contribution in [1.29, 1.82) is 0 Å². The minimum atomic E-state index is -0.191. The van der Waals surface area contributed by atoms with Crippen molar-refractivity contribution in [3.05, 3.63) is 53.4 Å². The van der Waals surface area contributed by atoms with Gasteiger partial charge in [0.05, 0.1) is 6.33 Å². The third kappa shape index (κ3) is 2.67. The largest absolute Gasteiger partial charge is 0.347 e. The van der Waals surface area contributed by atoms with Gasteiger partial charge in [-0.15, -0.1) is 0 Å². The molecule has 4 heteroatoms. The van der Waals surface area contributed by atoms with E-state index in [1.165, 1.54) is 6.07 Å². The van der Waals surface area contributed by atoms with E-state index in [0.29, 0.717) is 13.1 Å². The van der Waals surface area contributed by atoms with Crippen molar-refractivity contribution >= 4 is 0 Å². The predicted molar refractivity (Wildman–Crippen MR) is 60.3 cm³/mol. The maximum absolute atomic E-state index is 13.0. The van der Waals surface area contributed by atoms with E-state index in [0.717, 1.165) is 16.8 Å². The SMILES string of the molecule is Cc1ccc(F)cc1CNCc1cnc[nH]1. The second-order valence-corrected chi connectivity index (χ2v) is 3.75. The van der Waals surface area contributed by atoms with E-state index in [1.807, 2.05) is 6.92 Å². The van der Waals surface area contributed by atoms with E-state index in [2.05, 4.69) is 15.3 Å². The number of H-pyrrole nitrogens is 1. The van der Waals surface area contributed by atoms with Gasteiger partial charge in [-0.25, -0.2) is 9.37 Å². The van der Waals surface area contributed by atoms with Crippen LogP contribution < -0.4 is 5.32 Å². The second-order valence-electron chi connectivity index (χ2n) is 3.75. The molecule has 0 saturated carbocycles. The second kappa shape index (κ2) is 4.90. The third-order valence-electron chi connectivity index (χ3n) is 2.50. The molecule has 0 bridgehead atoms. The Morgan fingerprint density at radius 3 is 3.00 bits per heavy atom. The topological polar surface area (TPSA) is 40.7 Å². The van der Waals surface area contributed by atoms with Gasteiger partial charge in [0.1, 0.15) is 5.82 Å². The summed E-state index contributed by atoms with van der Waals surface area (Å²) in [7, 11) is 0. The first-order valence-corrected chi connectivity index (χ1v) is 5.18. The van der Waals surface area contributed by atoms with Crippen LogP contribution in [-0.4, -0.2) is 9.97 Å². The fraction of sp³-hybridized carbons (Fsp3) is 0.250. The number of benzene rings is 1. The number of aromatic amines is 1. The van der Waals surface area contributed by atoms with Crippen LogP contribution in [0.4, 0.5) is 4.39 Å². The van der Waals surface area contributed by atoms with Gasteiger partial charge in [0.25, 0.3) is 0 Å². The maximum atomic E-state index is 13.0. The molecule has 1 heterocycles. The van der Waals surface area contributed by atoms with Gasteiger partial charge < -0.3 is 10.3 Å². The highest BCUT2D eigenvalue weighted by Gasteiger charge is 2.00. The molecule has 1 aromatic heterocycles. The lowest BCUT2D eigenvalue weighted by Crippen LogP contribution is -2.13. The summed E-state index contributed by atoms with van der Waals surface area (Å²) >= 11 is 0. The van der Waals surface area contributed by atoms with Gasteiger partial charge in [-0.3, -0.25) is 0 Å². The number of nitrogens with one attached hydrogen (secondary N) is 2. The minimum Gasteiger partial charge on any atom is -0.347 e. The van der Waals surface area contributed by atoms with Crippen molar-refractivity contribution in [2.75, 3.05) is 0 Å². The number of aryl methyl sites for hydroxylation is 1. The molecular formula is C12H14FN3. The van der Waals surface area contributed by atoms with Crippen molar-refractivity contribution in [2.24, 2.45) is 0 Å². The summed E-state index contributed by atoms with van der Waals surface area (Å²) in [6.45, 7) is 3.34. The maximum Gasteiger partial charge on any atom is 0.123 e. The smallest absolute Gasteiger partial charge is 0.123 e. The highest BCUT2D eigenvalue weighted by atomic mass is 19.1. The van der Waals surface area contributed by atoms with Crippen LogP contribution in [0.15, 0.2) is 30.7 Å². The standard InChI is InChI=1S/C12H14FN3/c1-9-2-3-11(13)4-10(9)5-14-6-12-7-15-8-16-12/h2-4,7-8,14H,5-6H2,1H3,(H,15,16). The molecule has 0 amide bonds. The zero-order chi connectivity index (χ0) is 11.4. The summed E-state index contributed by atoms with van der Waals surface area (Å²) < 4.78 is 13.0. The van der Waals surface area contributed by atoms with Crippen LogP contribution in [0.5, 0.6) is 0 Å². The quantitative estimate of drug-likeness (QED) is 0.827. The Bertz CT molecular complexity index is 451. The van der Waals surface area contributed by atoms with E-state index in [9.17, 15) is 4.39 Å². The first-order valence-electron chi connectivity index (χ1n) is 5.18. The summed E-state index contributed by atoms with van der Waals surface area (Å²) in [5.41, 5.74) is 3.10. The van der Waals surface area contributed by atoms with Gasteiger partial charge in [0.2, 0.25) is 0 Å². The Kier molecular flexibility index (Phi) is 3.31. The number of halogens is 1. The predicted octanol–water partition coefficient (Wildman–Crippen LogP) is 2.15. The molecule has 0 atom stereocenters. The van der Waals surface area contributed by atoms with Crippen molar-refractivity contribution in [2.45, 2.75) is 20.0 Å². The average molecular weight is 219 g/mol. The molecule has 1 aromatic carbocycles. The molecule has 3 nitrogen and oxygen atoms in total. The van der Waals surface area contributed by atoms with Crippen LogP contribution in [0.2, 0.25) is 0 Å². The summed E-state index contributed by atoms with van der Waals surface area (Å²) in [5, 5.41) is 3.23. The number of nitrogens with zero attached hydrogens (tertiary/aromatic N) is 1. The van der Waals surface area contributed by atoms with Crippen LogP contribution in [0.3, 0.4) is 0 Å². The number of hydrogen-bond acceptors (Lipinski definition) is 2. The fourth-order valence-corrected chi connectivity index (χ4v) is 1.54. The number of imidazole rings is 1. The molecule has 2 aromatic rings. The average Bonchev–Trinajstić information content (AvgIpc) is 2.76. The van der Waals surface area contributed by atoms with Crippen molar-refractivity contribution in [1.82, 2.24) is 15.3 Å². The van der Waals surface area contributed by atoms with E-state index >= 15 is 0 Å². The van der Waals surface area contributed by atoms with E-state index in [4.69, 9.17) is 0 Å². The monoisotopic (exact) mass is 219 g/mol. The lowest BCUT2D eigenvalue weighted by molar-refractivity contribution is 0.618. The van der Waals surface area contributed by atoms with Crippen LogP contribution >= 0.6 is 0 Å². The third-order valence-corrected chi connectivity index (χ3v) is 2.50. The lowest BCUT2D eigenvalue weighted by atomic mass is 10.1. The molecule has 0 aliphatic heterocycles. The molecule has 0 spiro atoms. The van der Waals surface area contributed by atoms with E-state index in [-0.39, 0.29) is 5.82 Å².